The van der Waals surface area contributed by atoms with E-state index in [0.717, 1.165) is 11.0 Å². The lowest BCUT2D eigenvalue weighted by molar-refractivity contribution is -0.114. The predicted molar refractivity (Wildman–Crippen MR) is 98.2 cm³/mol. The van der Waals surface area contributed by atoms with Gasteiger partial charge in [-0.2, -0.15) is 10.1 Å². The van der Waals surface area contributed by atoms with Gasteiger partial charge in [0.2, 0.25) is 0 Å². The molecule has 2 heterocycles. The van der Waals surface area contributed by atoms with Crippen LogP contribution in [0, 0.1) is 0 Å². The van der Waals surface area contributed by atoms with Gasteiger partial charge in [0.25, 0.3) is 5.91 Å². The van der Waals surface area contributed by atoms with Gasteiger partial charge < -0.3 is 9.52 Å². The Bertz CT molecular complexity index is 1060. The lowest BCUT2D eigenvalue weighted by Gasteiger charge is -2.11. The number of carbonyl (C=O) groups is 2. The van der Waals surface area contributed by atoms with Gasteiger partial charge in [0, 0.05) is 5.39 Å². The third-order valence-corrected chi connectivity index (χ3v) is 4.15. The van der Waals surface area contributed by atoms with E-state index in [1.807, 2.05) is 30.3 Å². The number of furan rings is 1. The number of carboxylic acid groups (broad SMARTS) is 1. The Labute approximate surface area is 148 Å². The second kappa shape index (κ2) is 6.00. The minimum Gasteiger partial charge on any atom is -0.478 e. The number of nitrogens with zero attached hydrogens (tertiary/aromatic N) is 2. The van der Waals surface area contributed by atoms with Crippen LogP contribution in [-0.4, -0.2) is 22.7 Å². The monoisotopic (exact) mass is 346 g/mol. The van der Waals surface area contributed by atoms with E-state index >= 15 is 0 Å². The minimum absolute atomic E-state index is 0.152. The fourth-order valence-electron chi connectivity index (χ4n) is 2.82. The Morgan fingerprint density at radius 1 is 1.15 bits per heavy atom. The largest absolute Gasteiger partial charge is 0.478 e. The lowest BCUT2D eigenvalue weighted by Crippen LogP contribution is -2.21. The molecule has 1 aliphatic rings. The highest BCUT2D eigenvalue weighted by molar-refractivity contribution is 6.32. The summed E-state index contributed by atoms with van der Waals surface area (Å²) in [5.74, 6) is -0.729. The van der Waals surface area contributed by atoms with Crippen molar-refractivity contribution >= 4 is 40.3 Å². The van der Waals surface area contributed by atoms with Crippen molar-refractivity contribution in [1.29, 1.82) is 0 Å². The molecule has 1 amide bonds. The third-order valence-electron chi connectivity index (χ3n) is 4.15. The van der Waals surface area contributed by atoms with Gasteiger partial charge in [-0.1, -0.05) is 18.2 Å². The van der Waals surface area contributed by atoms with Gasteiger partial charge in [-0.25, -0.2) is 4.79 Å². The van der Waals surface area contributed by atoms with Crippen LogP contribution in [0.2, 0.25) is 0 Å². The van der Waals surface area contributed by atoms with E-state index < -0.39 is 5.97 Å². The van der Waals surface area contributed by atoms with E-state index in [-0.39, 0.29) is 11.5 Å². The van der Waals surface area contributed by atoms with Gasteiger partial charge in [-0.05, 0) is 49.4 Å². The summed E-state index contributed by atoms with van der Waals surface area (Å²) in [6, 6.07) is 15.5. The number of hydrogen-bond acceptors (Lipinski definition) is 4. The molecule has 0 atom stereocenters. The van der Waals surface area contributed by atoms with Gasteiger partial charge in [0.1, 0.15) is 11.3 Å². The molecule has 4 rings (SSSR count). The highest BCUT2D eigenvalue weighted by Gasteiger charge is 2.29. The summed E-state index contributed by atoms with van der Waals surface area (Å²) in [6.07, 6.45) is 1.67. The summed E-state index contributed by atoms with van der Waals surface area (Å²) in [7, 11) is 0. The van der Waals surface area contributed by atoms with Gasteiger partial charge in [-0.15, -0.1) is 0 Å². The molecule has 0 fully saturated rings. The van der Waals surface area contributed by atoms with Gasteiger partial charge in [0.05, 0.1) is 22.5 Å². The molecule has 1 N–H and O–H groups in total. The molecule has 0 radical (unpaired) electrons. The van der Waals surface area contributed by atoms with Crippen molar-refractivity contribution in [3.8, 4) is 0 Å². The topological polar surface area (TPSA) is 83.1 Å². The molecule has 2 aromatic carbocycles. The molecule has 1 aromatic heterocycles. The number of rotatable bonds is 3. The Balaban J connectivity index is 1.66. The molecule has 0 saturated carbocycles. The molecule has 0 spiro atoms. The van der Waals surface area contributed by atoms with Crippen LogP contribution in [0.4, 0.5) is 5.69 Å². The summed E-state index contributed by atoms with van der Waals surface area (Å²) in [5.41, 5.74) is 2.41. The van der Waals surface area contributed by atoms with E-state index in [1.165, 1.54) is 17.1 Å². The maximum absolute atomic E-state index is 12.7. The number of benzene rings is 2. The first kappa shape index (κ1) is 15.8. The first-order chi connectivity index (χ1) is 12.5. The van der Waals surface area contributed by atoms with Crippen molar-refractivity contribution < 1.29 is 19.1 Å². The van der Waals surface area contributed by atoms with Crippen LogP contribution < -0.4 is 5.01 Å². The summed E-state index contributed by atoms with van der Waals surface area (Å²) >= 11 is 0. The van der Waals surface area contributed by atoms with Gasteiger partial charge in [0.15, 0.2) is 0 Å². The van der Waals surface area contributed by atoms with E-state index in [2.05, 4.69) is 5.10 Å². The normalized spacial score (nSPS) is 15.7. The number of fused-ring (bicyclic) bond motifs is 1. The molecule has 0 unspecified atom stereocenters. The fourth-order valence-corrected chi connectivity index (χ4v) is 2.82. The van der Waals surface area contributed by atoms with E-state index in [1.54, 1.807) is 25.1 Å². The molecule has 128 valence electrons. The van der Waals surface area contributed by atoms with Gasteiger partial charge in [-0.3, -0.25) is 4.79 Å². The third kappa shape index (κ3) is 2.67. The smallest absolute Gasteiger partial charge is 0.335 e. The van der Waals surface area contributed by atoms with Crippen LogP contribution in [-0.2, 0) is 4.79 Å². The number of anilines is 1. The van der Waals surface area contributed by atoms with Crippen molar-refractivity contribution in [2.75, 3.05) is 5.01 Å². The Morgan fingerprint density at radius 2 is 1.88 bits per heavy atom. The molecule has 3 aromatic rings. The standard InChI is InChI=1S/C20H14N2O4/c1-12-17(11-16-10-14-4-2-3-5-18(14)26-16)19(23)22(21-12)15-8-6-13(7-9-15)20(24)25/h2-11H,1H3,(H,24,25)/b17-11-. The van der Waals surface area contributed by atoms with Crippen LogP contribution in [0.3, 0.4) is 0 Å². The van der Waals surface area contributed by atoms with E-state index in [9.17, 15) is 9.59 Å². The van der Waals surface area contributed by atoms with Crippen LogP contribution in [0.25, 0.3) is 17.0 Å². The molecule has 6 heteroatoms. The van der Waals surface area contributed by atoms with Crippen LogP contribution in [0.15, 0.2) is 69.7 Å². The quantitative estimate of drug-likeness (QED) is 0.728. The van der Waals surface area contributed by atoms with Gasteiger partial charge >= 0.3 is 5.97 Å². The predicted octanol–water partition coefficient (Wildman–Crippen LogP) is 3.94. The van der Waals surface area contributed by atoms with Crippen LogP contribution in [0.1, 0.15) is 23.0 Å². The zero-order valence-corrected chi connectivity index (χ0v) is 13.8. The average molecular weight is 346 g/mol. The minimum atomic E-state index is -1.02. The second-order valence-electron chi connectivity index (χ2n) is 5.90. The van der Waals surface area contributed by atoms with Crippen molar-refractivity contribution in [2.45, 2.75) is 6.92 Å². The number of aromatic carboxylic acids is 1. The first-order valence-corrected chi connectivity index (χ1v) is 7.96. The SMILES string of the molecule is CC1=NN(c2ccc(C(=O)O)cc2)C(=O)/C1=C\c1cc2ccccc2o1. The Hall–Kier alpha value is -3.67. The zero-order valence-electron chi connectivity index (χ0n) is 13.8. The maximum atomic E-state index is 12.7. The second-order valence-corrected chi connectivity index (χ2v) is 5.90. The fraction of sp³-hybridized carbons (Fsp3) is 0.0500. The molecule has 1 aliphatic heterocycles. The Kier molecular flexibility index (Phi) is 3.65. The summed E-state index contributed by atoms with van der Waals surface area (Å²) in [6.45, 7) is 1.75. The number of amides is 1. The maximum Gasteiger partial charge on any atom is 0.335 e. The van der Waals surface area contributed by atoms with Crippen LogP contribution >= 0.6 is 0 Å². The highest BCUT2D eigenvalue weighted by Crippen LogP contribution is 2.27. The van der Waals surface area contributed by atoms with E-state index in [0.29, 0.717) is 22.7 Å². The average Bonchev–Trinajstić information content (AvgIpc) is 3.17. The van der Waals surface area contributed by atoms with Crippen LogP contribution in [0.5, 0.6) is 0 Å². The van der Waals surface area contributed by atoms with Crippen molar-refractivity contribution in [1.82, 2.24) is 0 Å². The number of carbonyl (C=O) groups excluding carboxylic acids is 1. The molecule has 0 aliphatic carbocycles. The highest BCUT2D eigenvalue weighted by atomic mass is 16.4. The summed E-state index contributed by atoms with van der Waals surface area (Å²) in [4.78, 5) is 23.7. The zero-order chi connectivity index (χ0) is 18.3. The molecule has 26 heavy (non-hydrogen) atoms. The molecule has 0 bridgehead atoms. The molecule has 6 nitrogen and oxygen atoms in total. The first-order valence-electron chi connectivity index (χ1n) is 7.96. The molecule has 0 saturated heterocycles. The number of hydrogen-bond donors (Lipinski definition) is 1. The summed E-state index contributed by atoms with van der Waals surface area (Å²) < 4.78 is 5.74. The number of carboxylic acids is 1. The lowest BCUT2D eigenvalue weighted by atomic mass is 10.1. The number of hydrazone groups is 1. The molecular weight excluding hydrogens is 332 g/mol. The van der Waals surface area contributed by atoms with Crippen molar-refractivity contribution in [3.05, 3.63) is 71.5 Å². The summed E-state index contributed by atoms with van der Waals surface area (Å²) in [5, 5.41) is 15.5. The van der Waals surface area contributed by atoms with Crippen molar-refractivity contribution in [2.24, 2.45) is 5.10 Å². The van der Waals surface area contributed by atoms with Crippen molar-refractivity contribution in [3.63, 3.8) is 0 Å². The molecular formula is C20H14N2O4. The van der Waals surface area contributed by atoms with E-state index in [4.69, 9.17) is 9.52 Å². The number of para-hydroxylation sites is 1. The Morgan fingerprint density at radius 3 is 2.58 bits per heavy atom.